The van der Waals surface area contributed by atoms with E-state index in [0.29, 0.717) is 12.4 Å². The zero-order chi connectivity index (χ0) is 13.7. The second-order valence-corrected chi connectivity index (χ2v) is 3.94. The zero-order valence-corrected chi connectivity index (χ0v) is 10.5. The van der Waals surface area contributed by atoms with Crippen LogP contribution < -0.4 is 9.47 Å². The summed E-state index contributed by atoms with van der Waals surface area (Å²) in [6.45, 7) is 0.361. The number of rotatable bonds is 5. The van der Waals surface area contributed by atoms with Crippen LogP contribution in [0, 0.1) is 0 Å². The predicted molar refractivity (Wildman–Crippen MR) is 70.7 cm³/mol. The molecule has 0 aromatic heterocycles. The second-order valence-electron chi connectivity index (χ2n) is 3.94. The molecule has 0 amide bonds. The fourth-order valence-electron chi connectivity index (χ4n) is 1.69. The van der Waals surface area contributed by atoms with E-state index in [1.54, 1.807) is 12.1 Å². The van der Waals surface area contributed by atoms with Crippen molar-refractivity contribution in [2.75, 3.05) is 7.11 Å². The maximum atomic E-state index is 11.0. The fraction of sp³-hybridized carbons (Fsp3) is 0.133. The van der Waals surface area contributed by atoms with E-state index < -0.39 is 5.97 Å². The van der Waals surface area contributed by atoms with Crippen molar-refractivity contribution in [1.82, 2.24) is 0 Å². The van der Waals surface area contributed by atoms with E-state index in [0.717, 1.165) is 11.3 Å². The zero-order valence-electron chi connectivity index (χ0n) is 10.5. The van der Waals surface area contributed by atoms with E-state index in [1.807, 2.05) is 30.3 Å². The van der Waals surface area contributed by atoms with Crippen molar-refractivity contribution in [3.05, 3.63) is 59.7 Å². The van der Waals surface area contributed by atoms with E-state index in [-0.39, 0.29) is 5.56 Å². The molecule has 19 heavy (non-hydrogen) atoms. The SMILES string of the molecule is COc1cc(COc2ccccc2)ccc1C(=O)O. The maximum Gasteiger partial charge on any atom is 0.339 e. The molecule has 2 aromatic carbocycles. The highest BCUT2D eigenvalue weighted by Crippen LogP contribution is 2.21. The molecule has 0 aliphatic carbocycles. The third-order valence-corrected chi connectivity index (χ3v) is 2.65. The predicted octanol–water partition coefficient (Wildman–Crippen LogP) is 2.97. The summed E-state index contributed by atoms with van der Waals surface area (Å²) in [6.07, 6.45) is 0. The van der Waals surface area contributed by atoms with Crippen LogP contribution in [-0.2, 0) is 6.61 Å². The van der Waals surface area contributed by atoms with Crippen LogP contribution in [-0.4, -0.2) is 18.2 Å². The largest absolute Gasteiger partial charge is 0.496 e. The number of ether oxygens (including phenoxy) is 2. The highest BCUT2D eigenvalue weighted by atomic mass is 16.5. The number of carboxylic acids is 1. The fourth-order valence-corrected chi connectivity index (χ4v) is 1.69. The molecule has 1 N–H and O–H groups in total. The molecule has 0 aliphatic heterocycles. The van der Waals surface area contributed by atoms with Gasteiger partial charge in [0.05, 0.1) is 7.11 Å². The number of hydrogen-bond donors (Lipinski definition) is 1. The minimum Gasteiger partial charge on any atom is -0.496 e. The number of aromatic carboxylic acids is 1. The Morgan fingerprint density at radius 2 is 1.89 bits per heavy atom. The quantitative estimate of drug-likeness (QED) is 0.895. The molecule has 0 unspecified atom stereocenters. The molecule has 0 radical (unpaired) electrons. The summed E-state index contributed by atoms with van der Waals surface area (Å²) in [5.74, 6) is 0.0952. The van der Waals surface area contributed by atoms with Crippen LogP contribution in [0.5, 0.6) is 11.5 Å². The number of hydrogen-bond acceptors (Lipinski definition) is 3. The first-order valence-electron chi connectivity index (χ1n) is 5.79. The Labute approximate surface area is 111 Å². The van der Waals surface area contributed by atoms with Crippen molar-refractivity contribution in [3.8, 4) is 11.5 Å². The molecule has 0 fully saturated rings. The van der Waals surface area contributed by atoms with Gasteiger partial charge in [-0.1, -0.05) is 24.3 Å². The number of para-hydroxylation sites is 1. The molecule has 0 aliphatic rings. The summed E-state index contributed by atoms with van der Waals surface area (Å²) < 4.78 is 10.7. The Kier molecular flexibility index (Phi) is 4.03. The minimum absolute atomic E-state index is 0.144. The third-order valence-electron chi connectivity index (χ3n) is 2.65. The van der Waals surface area contributed by atoms with Crippen molar-refractivity contribution in [1.29, 1.82) is 0 Å². The lowest BCUT2D eigenvalue weighted by molar-refractivity contribution is 0.0693. The normalized spacial score (nSPS) is 9.95. The third kappa shape index (κ3) is 3.25. The van der Waals surface area contributed by atoms with Gasteiger partial charge in [0.25, 0.3) is 0 Å². The second kappa shape index (κ2) is 5.91. The van der Waals surface area contributed by atoms with Crippen LogP contribution in [0.15, 0.2) is 48.5 Å². The van der Waals surface area contributed by atoms with Crippen LogP contribution in [0.25, 0.3) is 0 Å². The van der Waals surface area contributed by atoms with Gasteiger partial charge in [-0.15, -0.1) is 0 Å². The van der Waals surface area contributed by atoms with Gasteiger partial charge in [-0.05, 0) is 29.8 Å². The van der Waals surface area contributed by atoms with Gasteiger partial charge < -0.3 is 14.6 Å². The first-order valence-corrected chi connectivity index (χ1v) is 5.79. The maximum absolute atomic E-state index is 11.0. The molecule has 4 heteroatoms. The van der Waals surface area contributed by atoms with Crippen molar-refractivity contribution in [2.45, 2.75) is 6.61 Å². The Morgan fingerprint density at radius 1 is 1.16 bits per heavy atom. The first kappa shape index (κ1) is 13.0. The molecule has 98 valence electrons. The molecule has 4 nitrogen and oxygen atoms in total. The average molecular weight is 258 g/mol. The lowest BCUT2D eigenvalue weighted by Crippen LogP contribution is -2.02. The van der Waals surface area contributed by atoms with E-state index in [1.165, 1.54) is 13.2 Å². The smallest absolute Gasteiger partial charge is 0.339 e. The van der Waals surface area contributed by atoms with Crippen molar-refractivity contribution < 1.29 is 19.4 Å². The van der Waals surface area contributed by atoms with Crippen LogP contribution in [0.1, 0.15) is 15.9 Å². The van der Waals surface area contributed by atoms with Gasteiger partial charge in [-0.2, -0.15) is 0 Å². The Morgan fingerprint density at radius 3 is 2.53 bits per heavy atom. The lowest BCUT2D eigenvalue weighted by atomic mass is 10.1. The summed E-state index contributed by atoms with van der Waals surface area (Å²) in [5.41, 5.74) is 0.997. The molecule has 0 saturated carbocycles. The Balaban J connectivity index is 2.11. The van der Waals surface area contributed by atoms with Crippen LogP contribution >= 0.6 is 0 Å². The number of benzene rings is 2. The molecule has 0 atom stereocenters. The van der Waals surface area contributed by atoms with Crippen molar-refractivity contribution in [3.63, 3.8) is 0 Å². The molecule has 0 heterocycles. The van der Waals surface area contributed by atoms with E-state index >= 15 is 0 Å². The van der Waals surface area contributed by atoms with Crippen LogP contribution in [0.2, 0.25) is 0 Å². The number of carboxylic acid groups (broad SMARTS) is 1. The topological polar surface area (TPSA) is 55.8 Å². The van der Waals surface area contributed by atoms with Gasteiger partial charge in [-0.25, -0.2) is 4.79 Å². The number of methoxy groups -OCH3 is 1. The monoisotopic (exact) mass is 258 g/mol. The summed E-state index contributed by atoms with van der Waals surface area (Å²) in [5, 5.41) is 8.98. The molecule has 0 bridgehead atoms. The Hall–Kier alpha value is -2.49. The molecule has 2 rings (SSSR count). The van der Waals surface area contributed by atoms with E-state index in [4.69, 9.17) is 14.6 Å². The highest BCUT2D eigenvalue weighted by molar-refractivity contribution is 5.90. The van der Waals surface area contributed by atoms with Gasteiger partial charge >= 0.3 is 5.97 Å². The highest BCUT2D eigenvalue weighted by Gasteiger charge is 2.11. The van der Waals surface area contributed by atoms with Gasteiger partial charge in [0.2, 0.25) is 0 Å². The summed E-state index contributed by atoms with van der Waals surface area (Å²) in [6, 6.07) is 14.3. The van der Waals surface area contributed by atoms with Gasteiger partial charge in [-0.3, -0.25) is 0 Å². The van der Waals surface area contributed by atoms with Crippen molar-refractivity contribution >= 4 is 5.97 Å². The van der Waals surface area contributed by atoms with Gasteiger partial charge in [0, 0.05) is 0 Å². The lowest BCUT2D eigenvalue weighted by Gasteiger charge is -2.09. The molecule has 0 saturated heterocycles. The standard InChI is InChI=1S/C15H14O4/c1-18-14-9-11(7-8-13(14)15(16)17)10-19-12-5-3-2-4-6-12/h2-9H,10H2,1H3,(H,16,17). The minimum atomic E-state index is -1.01. The summed E-state index contributed by atoms with van der Waals surface area (Å²) in [7, 11) is 1.45. The molecule has 2 aromatic rings. The summed E-state index contributed by atoms with van der Waals surface area (Å²) in [4.78, 5) is 11.0. The molecule has 0 spiro atoms. The van der Waals surface area contributed by atoms with Crippen molar-refractivity contribution in [2.24, 2.45) is 0 Å². The van der Waals surface area contributed by atoms with Crippen LogP contribution in [0.4, 0.5) is 0 Å². The average Bonchev–Trinajstić information content (AvgIpc) is 2.45. The number of carbonyl (C=O) groups is 1. The van der Waals surface area contributed by atoms with E-state index in [9.17, 15) is 4.79 Å². The van der Waals surface area contributed by atoms with Gasteiger partial charge in [0.15, 0.2) is 0 Å². The van der Waals surface area contributed by atoms with Gasteiger partial charge in [0.1, 0.15) is 23.7 Å². The molecular weight excluding hydrogens is 244 g/mol. The first-order chi connectivity index (χ1) is 9.20. The molecular formula is C15H14O4. The van der Waals surface area contributed by atoms with Crippen LogP contribution in [0.3, 0.4) is 0 Å². The summed E-state index contributed by atoms with van der Waals surface area (Å²) >= 11 is 0. The Bertz CT molecular complexity index is 564. The van der Waals surface area contributed by atoms with E-state index in [2.05, 4.69) is 0 Å².